The molecule has 0 bridgehead atoms. The Hall–Kier alpha value is -0.520. The molecule has 0 heteroatoms. The van der Waals surface area contributed by atoms with Crippen LogP contribution in [0.25, 0.3) is 0 Å². The molecule has 0 aliphatic heterocycles. The molecule has 0 saturated carbocycles. The van der Waals surface area contributed by atoms with E-state index in [1.807, 2.05) is 6.08 Å². The standard InChI is InChI=1S/C8H13/c1-3-5-7-8-6-4-2/h3-4,7-8H,1,5-6H2,2H3. The molecule has 45 valence electrons. The molecule has 0 fully saturated rings. The summed E-state index contributed by atoms with van der Waals surface area (Å²) in [6.45, 7) is 5.65. The number of unbranched alkanes of at least 4 members (excludes halogenated alkanes) is 1. The number of allylic oxidation sites excluding steroid dienone is 3. The SMILES string of the molecule is C=CCC=CC[CH]C. The van der Waals surface area contributed by atoms with Crippen molar-refractivity contribution in [3.63, 3.8) is 0 Å². The van der Waals surface area contributed by atoms with Gasteiger partial charge >= 0.3 is 0 Å². The Morgan fingerprint density at radius 1 is 1.25 bits per heavy atom. The van der Waals surface area contributed by atoms with Crippen molar-refractivity contribution in [1.29, 1.82) is 0 Å². The molecular formula is C8H13. The fraction of sp³-hybridized carbons (Fsp3) is 0.375. The van der Waals surface area contributed by atoms with E-state index in [0.717, 1.165) is 12.8 Å². The van der Waals surface area contributed by atoms with E-state index < -0.39 is 0 Å². The maximum atomic E-state index is 3.60. The third-order valence-corrected chi connectivity index (χ3v) is 0.841. The van der Waals surface area contributed by atoms with Crippen LogP contribution >= 0.6 is 0 Å². The summed E-state index contributed by atoms with van der Waals surface area (Å²) in [5, 5.41) is 0. The number of rotatable bonds is 4. The molecule has 1 radical (unpaired) electrons. The van der Waals surface area contributed by atoms with Crippen LogP contribution in [0.3, 0.4) is 0 Å². The van der Waals surface area contributed by atoms with Gasteiger partial charge in [0.05, 0.1) is 0 Å². The number of hydrogen-bond acceptors (Lipinski definition) is 0. The lowest BCUT2D eigenvalue weighted by molar-refractivity contribution is 1.19. The van der Waals surface area contributed by atoms with E-state index in [1.54, 1.807) is 0 Å². The summed E-state index contributed by atoms with van der Waals surface area (Å²) >= 11 is 0. The summed E-state index contributed by atoms with van der Waals surface area (Å²) < 4.78 is 0. The first kappa shape index (κ1) is 7.48. The van der Waals surface area contributed by atoms with Crippen molar-refractivity contribution in [2.75, 3.05) is 0 Å². The van der Waals surface area contributed by atoms with Crippen molar-refractivity contribution in [3.8, 4) is 0 Å². The van der Waals surface area contributed by atoms with Gasteiger partial charge in [-0.25, -0.2) is 0 Å². The zero-order valence-electron chi connectivity index (χ0n) is 5.43. The first-order chi connectivity index (χ1) is 3.91. The van der Waals surface area contributed by atoms with Crippen LogP contribution in [0.4, 0.5) is 0 Å². The zero-order valence-corrected chi connectivity index (χ0v) is 5.43. The van der Waals surface area contributed by atoms with Crippen molar-refractivity contribution in [2.24, 2.45) is 0 Å². The quantitative estimate of drug-likeness (QED) is 0.487. The van der Waals surface area contributed by atoms with Gasteiger partial charge in [0.1, 0.15) is 0 Å². The van der Waals surface area contributed by atoms with Crippen molar-refractivity contribution < 1.29 is 0 Å². The van der Waals surface area contributed by atoms with Gasteiger partial charge in [-0.15, -0.1) is 6.58 Å². The van der Waals surface area contributed by atoms with Crippen LogP contribution in [0, 0.1) is 6.42 Å². The maximum Gasteiger partial charge on any atom is -0.0172 e. The highest BCUT2D eigenvalue weighted by Gasteiger charge is 1.69. The first-order valence-electron chi connectivity index (χ1n) is 2.95. The summed E-state index contributed by atoms with van der Waals surface area (Å²) in [6, 6.07) is 0. The predicted octanol–water partition coefficient (Wildman–Crippen LogP) is 2.73. The molecule has 0 aliphatic carbocycles. The summed E-state index contributed by atoms with van der Waals surface area (Å²) in [6.07, 6.45) is 10.3. The Balaban J connectivity index is 2.94. The lowest BCUT2D eigenvalue weighted by Gasteiger charge is -1.80. The van der Waals surface area contributed by atoms with E-state index in [9.17, 15) is 0 Å². The molecule has 0 aromatic carbocycles. The molecule has 0 spiro atoms. The van der Waals surface area contributed by atoms with Crippen molar-refractivity contribution in [3.05, 3.63) is 31.2 Å². The second kappa shape index (κ2) is 6.48. The molecule has 0 aliphatic rings. The topological polar surface area (TPSA) is 0 Å². The molecule has 0 aromatic rings. The van der Waals surface area contributed by atoms with Gasteiger partial charge in [-0.2, -0.15) is 0 Å². The normalized spacial score (nSPS) is 10.1. The van der Waals surface area contributed by atoms with Gasteiger partial charge < -0.3 is 0 Å². The summed E-state index contributed by atoms with van der Waals surface area (Å²) in [4.78, 5) is 0. The van der Waals surface area contributed by atoms with Crippen LogP contribution in [0.15, 0.2) is 24.8 Å². The number of hydrogen-bond donors (Lipinski definition) is 0. The van der Waals surface area contributed by atoms with Gasteiger partial charge in [-0.3, -0.25) is 0 Å². The second-order valence-electron chi connectivity index (χ2n) is 1.64. The average Bonchev–Trinajstić information content (AvgIpc) is 1.81. The zero-order chi connectivity index (χ0) is 6.24. The van der Waals surface area contributed by atoms with Gasteiger partial charge in [0, 0.05) is 0 Å². The molecule has 0 atom stereocenters. The molecule has 0 unspecified atom stereocenters. The predicted molar refractivity (Wildman–Crippen MR) is 38.5 cm³/mol. The van der Waals surface area contributed by atoms with Crippen LogP contribution < -0.4 is 0 Å². The van der Waals surface area contributed by atoms with Gasteiger partial charge in [0.25, 0.3) is 0 Å². The summed E-state index contributed by atoms with van der Waals surface area (Å²) in [5.74, 6) is 0. The van der Waals surface area contributed by atoms with Crippen LogP contribution in [0.2, 0.25) is 0 Å². The second-order valence-corrected chi connectivity index (χ2v) is 1.64. The lowest BCUT2D eigenvalue weighted by Crippen LogP contribution is -1.61. The smallest absolute Gasteiger partial charge is 0.0172 e. The van der Waals surface area contributed by atoms with E-state index in [1.165, 1.54) is 0 Å². The highest BCUT2D eigenvalue weighted by molar-refractivity contribution is 4.90. The van der Waals surface area contributed by atoms with Crippen LogP contribution in [-0.2, 0) is 0 Å². The fourth-order valence-electron chi connectivity index (χ4n) is 0.425. The molecule has 0 aromatic heterocycles. The Labute approximate surface area is 51.9 Å². The third-order valence-electron chi connectivity index (χ3n) is 0.841. The van der Waals surface area contributed by atoms with Crippen molar-refractivity contribution in [2.45, 2.75) is 19.8 Å². The Morgan fingerprint density at radius 3 is 2.38 bits per heavy atom. The van der Waals surface area contributed by atoms with Gasteiger partial charge in [0.2, 0.25) is 0 Å². The largest absolute Gasteiger partial charge is 0.103 e. The molecule has 0 rings (SSSR count). The van der Waals surface area contributed by atoms with E-state index >= 15 is 0 Å². The van der Waals surface area contributed by atoms with Crippen LogP contribution in [-0.4, -0.2) is 0 Å². The minimum absolute atomic E-state index is 0.994. The van der Waals surface area contributed by atoms with Gasteiger partial charge in [-0.05, 0) is 19.3 Å². The van der Waals surface area contributed by atoms with Crippen LogP contribution in [0.5, 0.6) is 0 Å². The van der Waals surface area contributed by atoms with Gasteiger partial charge in [-0.1, -0.05) is 25.2 Å². The van der Waals surface area contributed by atoms with E-state index in [2.05, 4.69) is 32.1 Å². The fourth-order valence-corrected chi connectivity index (χ4v) is 0.425. The molecular weight excluding hydrogens is 96.1 g/mol. The maximum absolute atomic E-state index is 3.60. The van der Waals surface area contributed by atoms with Crippen molar-refractivity contribution >= 4 is 0 Å². The highest BCUT2D eigenvalue weighted by atomic mass is 13.8. The van der Waals surface area contributed by atoms with E-state index in [-0.39, 0.29) is 0 Å². The van der Waals surface area contributed by atoms with Gasteiger partial charge in [0.15, 0.2) is 0 Å². The van der Waals surface area contributed by atoms with Crippen LogP contribution in [0.1, 0.15) is 19.8 Å². The first-order valence-corrected chi connectivity index (χ1v) is 2.95. The Morgan fingerprint density at radius 2 is 1.88 bits per heavy atom. The molecule has 0 heterocycles. The third kappa shape index (κ3) is 5.48. The Kier molecular flexibility index (Phi) is 6.06. The van der Waals surface area contributed by atoms with E-state index in [0.29, 0.717) is 0 Å². The molecule has 0 nitrogen and oxygen atoms in total. The lowest BCUT2D eigenvalue weighted by atomic mass is 10.3. The highest BCUT2D eigenvalue weighted by Crippen LogP contribution is 1.89. The molecule has 8 heavy (non-hydrogen) atoms. The molecule has 0 saturated heterocycles. The average molecular weight is 109 g/mol. The minimum atomic E-state index is 0.994. The monoisotopic (exact) mass is 109 g/mol. The summed E-state index contributed by atoms with van der Waals surface area (Å²) in [7, 11) is 0. The van der Waals surface area contributed by atoms with Crippen molar-refractivity contribution in [1.82, 2.24) is 0 Å². The van der Waals surface area contributed by atoms with E-state index in [4.69, 9.17) is 0 Å². The summed E-state index contributed by atoms with van der Waals surface area (Å²) in [5.41, 5.74) is 0. The molecule has 0 amide bonds. The minimum Gasteiger partial charge on any atom is -0.103 e. The Bertz CT molecular complexity index is 70.1. The molecule has 0 N–H and O–H groups in total.